The minimum Gasteiger partial charge on any atom is -0.338 e. The van der Waals surface area contributed by atoms with Crippen LogP contribution in [0.2, 0.25) is 0 Å². The Balaban J connectivity index is 1.85. The molecular formula is C24H25BrN2O. The second-order valence-electron chi connectivity index (χ2n) is 8.24. The molecule has 0 bridgehead atoms. The molecule has 0 N–H and O–H groups in total. The molecule has 0 radical (unpaired) electrons. The van der Waals surface area contributed by atoms with Crippen molar-refractivity contribution in [3.8, 4) is 11.3 Å². The van der Waals surface area contributed by atoms with E-state index in [1.165, 1.54) is 12.0 Å². The number of nitrogens with zero attached hydrogens (tertiary/aromatic N) is 2. The minimum atomic E-state index is 0.109. The van der Waals surface area contributed by atoms with Gasteiger partial charge in [0.1, 0.15) is 0 Å². The first-order chi connectivity index (χ1) is 13.4. The molecule has 1 saturated heterocycles. The number of pyridine rings is 1. The number of benzene rings is 2. The maximum Gasteiger partial charge on any atom is 0.254 e. The number of hydrogen-bond donors (Lipinski definition) is 0. The molecule has 2 heterocycles. The average molecular weight is 437 g/mol. The Bertz CT molecular complexity index is 1040. The van der Waals surface area contributed by atoms with E-state index in [4.69, 9.17) is 4.98 Å². The first kappa shape index (κ1) is 19.1. The number of likely N-dealkylation sites (tertiary alicyclic amines) is 1. The molecule has 4 heteroatoms. The van der Waals surface area contributed by atoms with Crippen molar-refractivity contribution in [1.29, 1.82) is 0 Å². The molecule has 144 valence electrons. The number of amides is 1. The van der Waals surface area contributed by atoms with E-state index < -0.39 is 0 Å². The highest BCUT2D eigenvalue weighted by Gasteiger charge is 2.27. The number of fused-ring (bicyclic) bond motifs is 1. The van der Waals surface area contributed by atoms with Crippen LogP contribution >= 0.6 is 15.9 Å². The SMILES string of the molecule is Cc1cccc(-c2cc(C(=O)N3C[C@@H](C)C[C@H](C)C3)c3cc(Br)ccc3n2)c1. The molecule has 3 nitrogen and oxygen atoms in total. The summed E-state index contributed by atoms with van der Waals surface area (Å²) in [5, 5.41) is 0.904. The number of halogens is 1. The fraction of sp³-hybridized carbons (Fsp3) is 0.333. The highest BCUT2D eigenvalue weighted by Crippen LogP contribution is 2.30. The molecule has 4 rings (SSSR count). The molecule has 0 saturated carbocycles. The van der Waals surface area contributed by atoms with Gasteiger partial charge in [0, 0.05) is 28.5 Å². The minimum absolute atomic E-state index is 0.109. The van der Waals surface area contributed by atoms with Crippen LogP contribution in [0.15, 0.2) is 53.0 Å². The number of aromatic nitrogens is 1. The Labute approximate surface area is 174 Å². The van der Waals surface area contributed by atoms with Crippen molar-refractivity contribution in [1.82, 2.24) is 9.88 Å². The zero-order valence-electron chi connectivity index (χ0n) is 16.6. The van der Waals surface area contributed by atoms with E-state index in [1.54, 1.807) is 0 Å². The van der Waals surface area contributed by atoms with Crippen molar-refractivity contribution in [3.05, 3.63) is 64.1 Å². The van der Waals surface area contributed by atoms with Crippen LogP contribution < -0.4 is 0 Å². The molecule has 1 amide bonds. The Hall–Kier alpha value is -2.20. The smallest absolute Gasteiger partial charge is 0.254 e. The summed E-state index contributed by atoms with van der Waals surface area (Å²) in [6.45, 7) is 8.18. The molecule has 2 aromatic carbocycles. The van der Waals surface area contributed by atoms with Crippen LogP contribution in [0.4, 0.5) is 0 Å². The molecule has 2 atom stereocenters. The van der Waals surface area contributed by atoms with Gasteiger partial charge >= 0.3 is 0 Å². The molecular weight excluding hydrogens is 412 g/mol. The van der Waals surface area contributed by atoms with Crippen LogP contribution in [0.25, 0.3) is 22.2 Å². The number of aryl methyl sites for hydroxylation is 1. The number of piperidine rings is 1. The van der Waals surface area contributed by atoms with Crippen molar-refractivity contribution >= 4 is 32.7 Å². The second-order valence-corrected chi connectivity index (χ2v) is 9.16. The van der Waals surface area contributed by atoms with Gasteiger partial charge in [-0.3, -0.25) is 4.79 Å². The fourth-order valence-corrected chi connectivity index (χ4v) is 4.69. The lowest BCUT2D eigenvalue weighted by atomic mass is 9.91. The molecule has 1 fully saturated rings. The fourth-order valence-electron chi connectivity index (χ4n) is 4.33. The zero-order chi connectivity index (χ0) is 19.8. The summed E-state index contributed by atoms with van der Waals surface area (Å²) in [6, 6.07) is 16.2. The summed E-state index contributed by atoms with van der Waals surface area (Å²) in [4.78, 5) is 20.4. The van der Waals surface area contributed by atoms with Gasteiger partial charge in [0.15, 0.2) is 0 Å². The number of carbonyl (C=O) groups is 1. The Morgan fingerprint density at radius 1 is 1.07 bits per heavy atom. The number of hydrogen-bond acceptors (Lipinski definition) is 2. The molecule has 0 aliphatic carbocycles. The van der Waals surface area contributed by atoms with E-state index >= 15 is 0 Å². The van der Waals surface area contributed by atoms with Crippen LogP contribution in [0.1, 0.15) is 36.2 Å². The Morgan fingerprint density at radius 3 is 2.54 bits per heavy atom. The van der Waals surface area contributed by atoms with Gasteiger partial charge in [0.25, 0.3) is 5.91 Å². The third-order valence-electron chi connectivity index (χ3n) is 5.47. The largest absolute Gasteiger partial charge is 0.338 e. The van der Waals surface area contributed by atoms with Crippen LogP contribution in [-0.4, -0.2) is 28.9 Å². The van der Waals surface area contributed by atoms with Crippen molar-refractivity contribution in [2.75, 3.05) is 13.1 Å². The second kappa shape index (κ2) is 7.67. The molecule has 0 spiro atoms. The third-order valence-corrected chi connectivity index (χ3v) is 5.96. The predicted molar refractivity (Wildman–Crippen MR) is 118 cm³/mol. The number of rotatable bonds is 2. The van der Waals surface area contributed by atoms with Crippen molar-refractivity contribution in [2.45, 2.75) is 27.2 Å². The van der Waals surface area contributed by atoms with Crippen molar-refractivity contribution < 1.29 is 4.79 Å². The van der Waals surface area contributed by atoms with Gasteiger partial charge in [-0.1, -0.05) is 53.5 Å². The molecule has 1 aliphatic heterocycles. The van der Waals surface area contributed by atoms with E-state index in [1.807, 2.05) is 35.2 Å². The predicted octanol–water partition coefficient (Wildman–Crippen LogP) is 6.09. The quantitative estimate of drug-likeness (QED) is 0.486. The summed E-state index contributed by atoms with van der Waals surface area (Å²) < 4.78 is 0.958. The highest BCUT2D eigenvalue weighted by atomic mass is 79.9. The summed E-state index contributed by atoms with van der Waals surface area (Å²) in [7, 11) is 0. The maximum absolute atomic E-state index is 13.5. The van der Waals surface area contributed by atoms with Gasteiger partial charge in [-0.2, -0.15) is 0 Å². The lowest BCUT2D eigenvalue weighted by Crippen LogP contribution is -2.42. The summed E-state index contributed by atoms with van der Waals surface area (Å²) in [6.07, 6.45) is 1.18. The molecule has 1 aliphatic rings. The third kappa shape index (κ3) is 3.83. The van der Waals surface area contributed by atoms with Gasteiger partial charge in [-0.15, -0.1) is 0 Å². The van der Waals surface area contributed by atoms with Gasteiger partial charge in [0.2, 0.25) is 0 Å². The lowest BCUT2D eigenvalue weighted by Gasteiger charge is -2.35. The summed E-state index contributed by atoms with van der Waals surface area (Å²) >= 11 is 3.55. The van der Waals surface area contributed by atoms with Crippen molar-refractivity contribution in [2.24, 2.45) is 11.8 Å². The first-order valence-corrected chi connectivity index (χ1v) is 10.7. The lowest BCUT2D eigenvalue weighted by molar-refractivity contribution is 0.0625. The monoisotopic (exact) mass is 436 g/mol. The summed E-state index contributed by atoms with van der Waals surface area (Å²) in [5.74, 6) is 1.17. The summed E-state index contributed by atoms with van der Waals surface area (Å²) in [5.41, 5.74) is 4.66. The zero-order valence-corrected chi connectivity index (χ0v) is 18.2. The van der Waals surface area contributed by atoms with Crippen molar-refractivity contribution in [3.63, 3.8) is 0 Å². The highest BCUT2D eigenvalue weighted by molar-refractivity contribution is 9.10. The van der Waals surface area contributed by atoms with E-state index in [9.17, 15) is 4.79 Å². The Kier molecular flexibility index (Phi) is 5.24. The van der Waals surface area contributed by atoms with Gasteiger partial charge in [0.05, 0.1) is 16.8 Å². The number of carbonyl (C=O) groups excluding carboxylic acids is 1. The van der Waals surface area contributed by atoms with Crippen LogP contribution in [-0.2, 0) is 0 Å². The molecule has 3 aromatic rings. The molecule has 28 heavy (non-hydrogen) atoms. The van der Waals surface area contributed by atoms with E-state index in [-0.39, 0.29) is 5.91 Å². The van der Waals surface area contributed by atoms with Crippen LogP contribution in [0, 0.1) is 18.8 Å². The van der Waals surface area contributed by atoms with Gasteiger partial charge < -0.3 is 4.90 Å². The molecule has 1 aromatic heterocycles. The Morgan fingerprint density at radius 2 is 1.82 bits per heavy atom. The molecule has 0 unspecified atom stereocenters. The van der Waals surface area contributed by atoms with Crippen LogP contribution in [0.3, 0.4) is 0 Å². The van der Waals surface area contributed by atoms with E-state index in [2.05, 4.69) is 54.9 Å². The maximum atomic E-state index is 13.5. The van der Waals surface area contributed by atoms with Crippen LogP contribution in [0.5, 0.6) is 0 Å². The standard InChI is InChI=1S/C24H25BrN2O/c1-15-5-4-6-18(10-15)23-12-21(20-11-19(25)7-8-22(20)26-23)24(28)27-13-16(2)9-17(3)14-27/h4-8,10-12,16-17H,9,13-14H2,1-3H3/t16-,17-/m0/s1. The first-order valence-electron chi connectivity index (χ1n) is 9.87. The van der Waals surface area contributed by atoms with E-state index in [0.717, 1.165) is 45.3 Å². The van der Waals surface area contributed by atoms with E-state index in [0.29, 0.717) is 11.8 Å². The topological polar surface area (TPSA) is 33.2 Å². The van der Waals surface area contributed by atoms with Gasteiger partial charge in [-0.05, 0) is 55.5 Å². The average Bonchev–Trinajstić information content (AvgIpc) is 2.66. The normalized spacial score (nSPS) is 19.8. The van der Waals surface area contributed by atoms with Gasteiger partial charge in [-0.25, -0.2) is 4.98 Å².